The fourth-order valence-corrected chi connectivity index (χ4v) is 5.37. The van der Waals surface area contributed by atoms with Gasteiger partial charge in [-0.05, 0) is 43.2 Å². The van der Waals surface area contributed by atoms with Gasteiger partial charge in [-0.25, -0.2) is 17.7 Å². The van der Waals surface area contributed by atoms with Crippen molar-refractivity contribution in [2.75, 3.05) is 40.3 Å². The van der Waals surface area contributed by atoms with E-state index in [0.29, 0.717) is 31.6 Å². The maximum atomic E-state index is 12.8. The second kappa shape index (κ2) is 9.85. The monoisotopic (exact) mass is 483 g/mol. The number of rotatable bonds is 7. The largest absolute Gasteiger partial charge is 0.340 e. The maximum absolute atomic E-state index is 12.8. The van der Waals surface area contributed by atoms with Gasteiger partial charge < -0.3 is 9.47 Å². The van der Waals surface area contributed by atoms with E-state index in [1.165, 1.54) is 18.4 Å². The van der Waals surface area contributed by atoms with E-state index in [9.17, 15) is 13.2 Å². The number of hydrogen-bond acceptors (Lipinski definition) is 5. The smallest absolute Gasteiger partial charge is 0.242 e. The lowest BCUT2D eigenvalue weighted by atomic mass is 10.1. The van der Waals surface area contributed by atoms with Crippen LogP contribution in [0.1, 0.15) is 23.9 Å². The fraction of sp³-hybridized carbons (Fsp3) is 0.440. The van der Waals surface area contributed by atoms with Gasteiger partial charge in [0.25, 0.3) is 0 Å². The highest BCUT2D eigenvalue weighted by atomic mass is 32.2. The first-order valence-corrected chi connectivity index (χ1v) is 13.1. The van der Waals surface area contributed by atoms with Crippen molar-refractivity contribution >= 4 is 27.0 Å². The number of nitrogens with zero attached hydrogens (tertiary/aromatic N) is 5. The highest BCUT2D eigenvalue weighted by Crippen LogP contribution is 2.23. The number of amides is 1. The molecule has 1 aliphatic rings. The molecule has 0 radical (unpaired) electrons. The Labute approximate surface area is 201 Å². The van der Waals surface area contributed by atoms with Crippen LogP contribution >= 0.6 is 0 Å². The number of aromatic nitrogens is 2. The van der Waals surface area contributed by atoms with Crippen LogP contribution in [0.2, 0.25) is 0 Å². The lowest BCUT2D eigenvalue weighted by Crippen LogP contribution is -2.49. The van der Waals surface area contributed by atoms with Gasteiger partial charge in [0.05, 0.1) is 28.9 Å². The average Bonchev–Trinajstić information content (AvgIpc) is 3.17. The predicted molar refractivity (Wildman–Crippen MR) is 133 cm³/mol. The van der Waals surface area contributed by atoms with Crippen LogP contribution in [0.4, 0.5) is 0 Å². The summed E-state index contributed by atoms with van der Waals surface area (Å²) in [6.45, 7) is 8.49. The number of carbonyl (C=O) groups excluding carboxylic acids is 1. The molecule has 0 N–H and O–H groups in total. The van der Waals surface area contributed by atoms with E-state index in [4.69, 9.17) is 4.98 Å². The molecule has 0 bridgehead atoms. The molecule has 8 nitrogen and oxygen atoms in total. The Hall–Kier alpha value is -2.75. The molecule has 0 saturated carbocycles. The highest BCUT2D eigenvalue weighted by Gasteiger charge is 2.24. The summed E-state index contributed by atoms with van der Waals surface area (Å²) in [6.07, 6.45) is 0.441. The van der Waals surface area contributed by atoms with E-state index < -0.39 is 10.0 Å². The van der Waals surface area contributed by atoms with E-state index in [0.717, 1.165) is 42.1 Å². The molecule has 2 aromatic carbocycles. The fourth-order valence-electron chi connectivity index (χ4n) is 4.44. The first-order chi connectivity index (χ1) is 16.2. The molecule has 182 valence electrons. The van der Waals surface area contributed by atoms with E-state index >= 15 is 0 Å². The molecular formula is C25H33N5O3S. The first kappa shape index (κ1) is 24.4. The van der Waals surface area contributed by atoms with Crippen LogP contribution in [0.25, 0.3) is 11.0 Å². The summed E-state index contributed by atoms with van der Waals surface area (Å²) in [5, 5.41) is 0. The van der Waals surface area contributed by atoms with Crippen LogP contribution < -0.4 is 0 Å². The topological polar surface area (TPSA) is 78.8 Å². The van der Waals surface area contributed by atoms with Crippen molar-refractivity contribution in [2.45, 2.75) is 38.3 Å². The Morgan fingerprint density at radius 1 is 1.06 bits per heavy atom. The first-order valence-electron chi connectivity index (χ1n) is 11.7. The number of imidazole rings is 1. The molecule has 34 heavy (non-hydrogen) atoms. The predicted octanol–water partition coefficient (Wildman–Crippen LogP) is 2.50. The molecule has 0 atom stereocenters. The summed E-state index contributed by atoms with van der Waals surface area (Å²) in [6, 6.07) is 13.2. The Morgan fingerprint density at radius 2 is 1.76 bits per heavy atom. The summed E-state index contributed by atoms with van der Waals surface area (Å²) in [5.74, 6) is 1.08. The molecule has 4 rings (SSSR count). The number of hydrogen-bond donors (Lipinski definition) is 0. The van der Waals surface area contributed by atoms with Crippen molar-refractivity contribution in [3.8, 4) is 0 Å². The van der Waals surface area contributed by atoms with Gasteiger partial charge in [-0.1, -0.05) is 24.3 Å². The molecule has 0 aliphatic carbocycles. The number of piperazine rings is 1. The molecule has 1 saturated heterocycles. The van der Waals surface area contributed by atoms with Crippen LogP contribution in [-0.2, 0) is 34.3 Å². The highest BCUT2D eigenvalue weighted by molar-refractivity contribution is 7.89. The van der Waals surface area contributed by atoms with Crippen LogP contribution in [-0.4, -0.2) is 78.3 Å². The SMILES string of the molecule is CCn1c(CN2CCN(C(=O)Cc3ccccc3C)CC2)nc2cc(S(=O)(=O)N(C)C)ccc21. The van der Waals surface area contributed by atoms with Crippen molar-refractivity contribution in [1.82, 2.24) is 23.7 Å². The van der Waals surface area contributed by atoms with Crippen molar-refractivity contribution in [3.63, 3.8) is 0 Å². The third-order valence-corrected chi connectivity index (χ3v) is 8.40. The van der Waals surface area contributed by atoms with E-state index in [1.54, 1.807) is 12.1 Å². The standard InChI is InChI=1S/C25H33N5O3S/c1-5-30-23-11-10-21(34(32,33)27(3)4)17-22(23)26-24(30)18-28-12-14-29(15-13-28)25(31)16-20-9-7-6-8-19(20)2/h6-11,17H,5,12-16,18H2,1-4H3. The van der Waals surface area contributed by atoms with Crippen LogP contribution in [0.15, 0.2) is 47.4 Å². The maximum Gasteiger partial charge on any atom is 0.242 e. The molecule has 0 unspecified atom stereocenters. The van der Waals surface area contributed by atoms with Crippen LogP contribution in [0.5, 0.6) is 0 Å². The molecule has 1 amide bonds. The number of sulfonamides is 1. The molecule has 9 heteroatoms. The lowest BCUT2D eigenvalue weighted by Gasteiger charge is -2.34. The van der Waals surface area contributed by atoms with E-state index in [2.05, 4.69) is 16.4 Å². The van der Waals surface area contributed by atoms with Gasteiger partial charge in [-0.2, -0.15) is 0 Å². The van der Waals surface area contributed by atoms with Gasteiger partial charge in [-0.3, -0.25) is 9.69 Å². The normalized spacial score (nSPS) is 15.4. The quantitative estimate of drug-likeness (QED) is 0.516. The minimum Gasteiger partial charge on any atom is -0.340 e. The zero-order valence-electron chi connectivity index (χ0n) is 20.4. The molecular weight excluding hydrogens is 450 g/mol. The number of aryl methyl sites for hydroxylation is 2. The molecule has 3 aromatic rings. The Morgan fingerprint density at radius 3 is 2.41 bits per heavy atom. The van der Waals surface area contributed by atoms with E-state index in [-0.39, 0.29) is 10.8 Å². The lowest BCUT2D eigenvalue weighted by molar-refractivity contribution is -0.132. The zero-order valence-corrected chi connectivity index (χ0v) is 21.2. The zero-order chi connectivity index (χ0) is 24.5. The van der Waals surface area contributed by atoms with Crippen molar-refractivity contribution in [3.05, 3.63) is 59.4 Å². The van der Waals surface area contributed by atoms with Crippen molar-refractivity contribution in [1.29, 1.82) is 0 Å². The molecule has 0 spiro atoms. The Balaban J connectivity index is 1.44. The summed E-state index contributed by atoms with van der Waals surface area (Å²) >= 11 is 0. The molecule has 1 fully saturated rings. The summed E-state index contributed by atoms with van der Waals surface area (Å²) in [5.41, 5.74) is 3.85. The van der Waals surface area contributed by atoms with Gasteiger partial charge in [-0.15, -0.1) is 0 Å². The van der Waals surface area contributed by atoms with Gasteiger partial charge in [0.1, 0.15) is 5.82 Å². The second-order valence-electron chi connectivity index (χ2n) is 8.97. The van der Waals surface area contributed by atoms with Crippen molar-refractivity contribution in [2.24, 2.45) is 0 Å². The summed E-state index contributed by atoms with van der Waals surface area (Å²) in [7, 11) is -0.452. The second-order valence-corrected chi connectivity index (χ2v) is 11.1. The minimum absolute atomic E-state index is 0.171. The molecule has 1 aliphatic heterocycles. The average molecular weight is 484 g/mol. The van der Waals surface area contributed by atoms with Crippen molar-refractivity contribution < 1.29 is 13.2 Å². The van der Waals surface area contributed by atoms with Crippen LogP contribution in [0, 0.1) is 6.92 Å². The minimum atomic E-state index is -3.51. The number of fused-ring (bicyclic) bond motifs is 1. The Kier molecular flexibility index (Phi) is 7.06. The summed E-state index contributed by atoms with van der Waals surface area (Å²) in [4.78, 5) is 22.1. The summed E-state index contributed by atoms with van der Waals surface area (Å²) < 4.78 is 28.4. The van der Waals surface area contributed by atoms with Crippen LogP contribution in [0.3, 0.4) is 0 Å². The molecule has 2 heterocycles. The Bertz CT molecular complexity index is 1290. The third-order valence-electron chi connectivity index (χ3n) is 6.59. The third kappa shape index (κ3) is 4.87. The number of benzene rings is 2. The molecule has 1 aromatic heterocycles. The van der Waals surface area contributed by atoms with Gasteiger partial charge in [0.2, 0.25) is 15.9 Å². The van der Waals surface area contributed by atoms with Gasteiger partial charge >= 0.3 is 0 Å². The number of carbonyl (C=O) groups is 1. The van der Waals surface area contributed by atoms with E-state index in [1.807, 2.05) is 42.2 Å². The van der Waals surface area contributed by atoms with Gasteiger partial charge in [0.15, 0.2) is 0 Å². The van der Waals surface area contributed by atoms with Gasteiger partial charge in [0, 0.05) is 46.8 Å².